The van der Waals surface area contributed by atoms with E-state index in [-0.39, 0.29) is 11.7 Å². The monoisotopic (exact) mass is 203 g/mol. The van der Waals surface area contributed by atoms with E-state index in [0.29, 0.717) is 0 Å². The molecule has 2 nitrogen and oxygen atoms in total. The second-order valence-electron chi connectivity index (χ2n) is 4.42. The van der Waals surface area contributed by atoms with Crippen LogP contribution in [0.5, 0.6) is 0 Å². The van der Waals surface area contributed by atoms with Crippen LogP contribution in [0, 0.1) is 5.92 Å². The second kappa shape index (κ2) is 4.05. The summed E-state index contributed by atoms with van der Waals surface area (Å²) in [6, 6.07) is 6.01. The molecule has 0 fully saturated rings. The molecular formula is C13H17NO. The van der Waals surface area contributed by atoms with Gasteiger partial charge in [-0.3, -0.25) is 4.79 Å². The average Bonchev–Trinajstić information content (AvgIpc) is 2.27. The standard InChI is InChI=1S/C13H17NO/c1-9(2)13(15)11-5-6-12-10(8-11)4-3-7-14-12/h5-6,8-9,14H,3-4,7H2,1-2H3. The predicted octanol–water partition coefficient (Wildman–Crippen LogP) is 2.88. The maximum atomic E-state index is 11.8. The molecule has 0 aromatic heterocycles. The Bertz CT molecular complexity index is 382. The molecule has 15 heavy (non-hydrogen) atoms. The number of aryl methyl sites for hydroxylation is 1. The van der Waals surface area contributed by atoms with Crippen LogP contribution in [0.15, 0.2) is 18.2 Å². The summed E-state index contributed by atoms with van der Waals surface area (Å²) in [6.45, 7) is 4.94. The number of carbonyl (C=O) groups is 1. The van der Waals surface area contributed by atoms with Gasteiger partial charge in [0.15, 0.2) is 5.78 Å². The fourth-order valence-corrected chi connectivity index (χ4v) is 1.96. The van der Waals surface area contributed by atoms with Gasteiger partial charge < -0.3 is 5.32 Å². The predicted molar refractivity (Wildman–Crippen MR) is 62.4 cm³/mol. The first kappa shape index (κ1) is 10.2. The fraction of sp³-hybridized carbons (Fsp3) is 0.462. The maximum absolute atomic E-state index is 11.8. The molecule has 1 aromatic rings. The number of rotatable bonds is 2. The van der Waals surface area contributed by atoms with Crippen molar-refractivity contribution < 1.29 is 4.79 Å². The van der Waals surface area contributed by atoms with E-state index in [1.807, 2.05) is 32.0 Å². The molecule has 0 saturated heterocycles. The highest BCUT2D eigenvalue weighted by Crippen LogP contribution is 2.23. The van der Waals surface area contributed by atoms with Crippen molar-refractivity contribution >= 4 is 11.5 Å². The molecule has 80 valence electrons. The first-order chi connectivity index (χ1) is 7.18. The summed E-state index contributed by atoms with van der Waals surface area (Å²) in [7, 11) is 0. The van der Waals surface area contributed by atoms with E-state index in [2.05, 4.69) is 5.32 Å². The Hall–Kier alpha value is -1.31. The minimum absolute atomic E-state index is 0.0830. The number of nitrogens with one attached hydrogen (secondary N) is 1. The molecule has 0 saturated carbocycles. The summed E-state index contributed by atoms with van der Waals surface area (Å²) in [5, 5.41) is 3.35. The molecule has 2 heteroatoms. The number of carbonyl (C=O) groups excluding carboxylic acids is 1. The van der Waals surface area contributed by atoms with Crippen LogP contribution >= 0.6 is 0 Å². The molecule has 0 unspecified atom stereocenters. The lowest BCUT2D eigenvalue weighted by molar-refractivity contribution is 0.0939. The molecule has 1 aliphatic rings. The van der Waals surface area contributed by atoms with Crippen molar-refractivity contribution in [2.75, 3.05) is 11.9 Å². The van der Waals surface area contributed by atoms with Crippen LogP contribution in [-0.4, -0.2) is 12.3 Å². The zero-order valence-corrected chi connectivity index (χ0v) is 9.34. The van der Waals surface area contributed by atoms with Gasteiger partial charge in [-0.15, -0.1) is 0 Å². The zero-order chi connectivity index (χ0) is 10.8. The molecule has 0 bridgehead atoms. The van der Waals surface area contributed by atoms with Crippen molar-refractivity contribution in [2.45, 2.75) is 26.7 Å². The number of fused-ring (bicyclic) bond motifs is 1. The summed E-state index contributed by atoms with van der Waals surface area (Å²) < 4.78 is 0. The largest absolute Gasteiger partial charge is 0.385 e. The van der Waals surface area contributed by atoms with Crippen LogP contribution < -0.4 is 5.32 Å². The second-order valence-corrected chi connectivity index (χ2v) is 4.42. The maximum Gasteiger partial charge on any atom is 0.165 e. The lowest BCUT2D eigenvalue weighted by atomic mass is 9.95. The third-order valence-corrected chi connectivity index (χ3v) is 2.85. The van der Waals surface area contributed by atoms with Crippen LogP contribution in [0.25, 0.3) is 0 Å². The molecule has 1 aliphatic heterocycles. The van der Waals surface area contributed by atoms with Crippen molar-refractivity contribution in [2.24, 2.45) is 5.92 Å². The summed E-state index contributed by atoms with van der Waals surface area (Å²) in [5.41, 5.74) is 3.33. The van der Waals surface area contributed by atoms with Gasteiger partial charge in [0.2, 0.25) is 0 Å². The van der Waals surface area contributed by atoms with Gasteiger partial charge in [-0.05, 0) is 36.6 Å². The summed E-state index contributed by atoms with van der Waals surface area (Å²) in [4.78, 5) is 11.8. The molecule has 1 heterocycles. The Labute approximate surface area is 90.7 Å². The van der Waals surface area contributed by atoms with E-state index < -0.39 is 0 Å². The zero-order valence-electron chi connectivity index (χ0n) is 9.34. The Kier molecular flexibility index (Phi) is 2.76. The van der Waals surface area contributed by atoms with E-state index in [1.54, 1.807) is 0 Å². The number of hydrogen-bond acceptors (Lipinski definition) is 2. The lowest BCUT2D eigenvalue weighted by Crippen LogP contribution is -2.14. The summed E-state index contributed by atoms with van der Waals surface area (Å²) in [6.07, 6.45) is 2.24. The van der Waals surface area contributed by atoms with Crippen molar-refractivity contribution in [3.05, 3.63) is 29.3 Å². The van der Waals surface area contributed by atoms with Gasteiger partial charge in [-0.1, -0.05) is 13.8 Å². The quantitative estimate of drug-likeness (QED) is 0.749. The van der Waals surface area contributed by atoms with Crippen molar-refractivity contribution in [3.8, 4) is 0 Å². The number of anilines is 1. The van der Waals surface area contributed by atoms with Gasteiger partial charge in [0, 0.05) is 23.7 Å². The van der Waals surface area contributed by atoms with E-state index in [4.69, 9.17) is 0 Å². The van der Waals surface area contributed by atoms with E-state index in [0.717, 1.165) is 24.9 Å². The van der Waals surface area contributed by atoms with Gasteiger partial charge in [0.1, 0.15) is 0 Å². The Morgan fingerprint density at radius 2 is 2.20 bits per heavy atom. The number of Topliss-reactive ketones (excluding diaryl/α,β-unsaturated/α-hetero) is 1. The molecule has 0 atom stereocenters. The van der Waals surface area contributed by atoms with Crippen molar-refractivity contribution in [3.63, 3.8) is 0 Å². The molecule has 0 aliphatic carbocycles. The summed E-state index contributed by atoms with van der Waals surface area (Å²) >= 11 is 0. The van der Waals surface area contributed by atoms with Crippen LogP contribution in [0.4, 0.5) is 5.69 Å². The van der Waals surface area contributed by atoms with Crippen LogP contribution in [0.2, 0.25) is 0 Å². The highest BCUT2D eigenvalue weighted by Gasteiger charge is 2.14. The third kappa shape index (κ3) is 2.04. The first-order valence-corrected chi connectivity index (χ1v) is 5.59. The molecular weight excluding hydrogens is 186 g/mol. The molecule has 2 rings (SSSR count). The van der Waals surface area contributed by atoms with Gasteiger partial charge in [-0.2, -0.15) is 0 Å². The van der Waals surface area contributed by atoms with Gasteiger partial charge >= 0.3 is 0 Å². The molecule has 0 amide bonds. The number of benzene rings is 1. The molecule has 0 radical (unpaired) electrons. The first-order valence-electron chi connectivity index (χ1n) is 5.59. The topological polar surface area (TPSA) is 29.1 Å². The average molecular weight is 203 g/mol. The minimum Gasteiger partial charge on any atom is -0.385 e. The number of hydrogen-bond donors (Lipinski definition) is 1. The Morgan fingerprint density at radius 1 is 1.40 bits per heavy atom. The lowest BCUT2D eigenvalue weighted by Gasteiger charge is -2.18. The molecule has 1 N–H and O–H groups in total. The highest BCUT2D eigenvalue weighted by atomic mass is 16.1. The van der Waals surface area contributed by atoms with Crippen molar-refractivity contribution in [1.82, 2.24) is 0 Å². The van der Waals surface area contributed by atoms with Crippen LogP contribution in [-0.2, 0) is 6.42 Å². The van der Waals surface area contributed by atoms with E-state index >= 15 is 0 Å². The number of ketones is 1. The van der Waals surface area contributed by atoms with Gasteiger partial charge in [0.25, 0.3) is 0 Å². The SMILES string of the molecule is CC(C)C(=O)c1ccc2c(c1)CCCN2. The minimum atomic E-state index is 0.0830. The third-order valence-electron chi connectivity index (χ3n) is 2.85. The van der Waals surface area contributed by atoms with Crippen molar-refractivity contribution in [1.29, 1.82) is 0 Å². The summed E-state index contributed by atoms with van der Waals surface area (Å²) in [5.74, 6) is 0.322. The molecule has 1 aromatic carbocycles. The van der Waals surface area contributed by atoms with Gasteiger partial charge in [0.05, 0.1) is 0 Å². The normalized spacial score (nSPS) is 14.6. The van der Waals surface area contributed by atoms with Gasteiger partial charge in [-0.25, -0.2) is 0 Å². The Morgan fingerprint density at radius 3 is 2.93 bits per heavy atom. The highest BCUT2D eigenvalue weighted by molar-refractivity contribution is 5.98. The fourth-order valence-electron chi connectivity index (χ4n) is 1.96. The van der Waals surface area contributed by atoms with E-state index in [9.17, 15) is 4.79 Å². The smallest absolute Gasteiger partial charge is 0.165 e. The van der Waals surface area contributed by atoms with E-state index in [1.165, 1.54) is 11.3 Å². The Balaban J connectivity index is 2.32. The van der Waals surface area contributed by atoms with Crippen LogP contribution in [0.3, 0.4) is 0 Å². The van der Waals surface area contributed by atoms with Crippen LogP contribution in [0.1, 0.15) is 36.2 Å². The molecule has 0 spiro atoms.